The molecule has 0 aliphatic rings. The molecule has 2 aromatic heterocycles. The number of guanidine groups is 1. The Hall–Kier alpha value is -1.49. The van der Waals surface area contributed by atoms with Gasteiger partial charge < -0.3 is 10.2 Å². The van der Waals surface area contributed by atoms with Crippen LogP contribution in [0.3, 0.4) is 0 Å². The first-order valence-corrected chi connectivity index (χ1v) is 10.5. The lowest BCUT2D eigenvalue weighted by atomic mass is 10.4. The minimum atomic E-state index is -3.42. The van der Waals surface area contributed by atoms with Gasteiger partial charge in [0.2, 0.25) is 10.0 Å². The number of nitrogens with one attached hydrogen (secondary N) is 2. The predicted molar refractivity (Wildman–Crippen MR) is 99.2 cm³/mol. The maximum absolute atomic E-state index is 12.0. The highest BCUT2D eigenvalue weighted by atomic mass is 32.2. The SMILES string of the molecule is CN=C(NCCNS(=O)(=O)c1cccs1)N(C)Cc1csc(C)n1. The molecule has 2 aromatic rings. The maximum Gasteiger partial charge on any atom is 0.250 e. The topological polar surface area (TPSA) is 86.7 Å². The van der Waals surface area contributed by atoms with Gasteiger partial charge in [0.25, 0.3) is 0 Å². The van der Waals surface area contributed by atoms with E-state index in [1.807, 2.05) is 24.3 Å². The Bertz CT molecular complexity index is 768. The lowest BCUT2D eigenvalue weighted by molar-refractivity contribution is 0.471. The number of sulfonamides is 1. The summed E-state index contributed by atoms with van der Waals surface area (Å²) in [6.45, 7) is 3.34. The highest BCUT2D eigenvalue weighted by Gasteiger charge is 2.14. The maximum atomic E-state index is 12.0. The molecule has 0 saturated carbocycles. The van der Waals surface area contributed by atoms with Gasteiger partial charge in [-0.05, 0) is 18.4 Å². The van der Waals surface area contributed by atoms with Gasteiger partial charge in [-0.25, -0.2) is 18.1 Å². The van der Waals surface area contributed by atoms with Gasteiger partial charge in [-0.3, -0.25) is 4.99 Å². The van der Waals surface area contributed by atoms with Crippen molar-refractivity contribution in [2.45, 2.75) is 17.7 Å². The molecule has 0 spiro atoms. The summed E-state index contributed by atoms with van der Waals surface area (Å²) in [6, 6.07) is 3.30. The zero-order valence-electron chi connectivity index (χ0n) is 13.8. The summed E-state index contributed by atoms with van der Waals surface area (Å²) in [5, 5.41) is 7.94. The minimum absolute atomic E-state index is 0.281. The highest BCUT2D eigenvalue weighted by Crippen LogP contribution is 2.14. The normalized spacial score (nSPS) is 12.4. The first-order chi connectivity index (χ1) is 11.4. The van der Waals surface area contributed by atoms with E-state index in [0.29, 0.717) is 23.3 Å². The highest BCUT2D eigenvalue weighted by molar-refractivity contribution is 7.91. The van der Waals surface area contributed by atoms with Crippen molar-refractivity contribution < 1.29 is 8.42 Å². The van der Waals surface area contributed by atoms with E-state index in [4.69, 9.17) is 0 Å². The molecule has 0 fully saturated rings. The number of nitrogens with zero attached hydrogens (tertiary/aromatic N) is 3. The van der Waals surface area contributed by atoms with Crippen molar-refractivity contribution in [2.75, 3.05) is 27.2 Å². The van der Waals surface area contributed by atoms with Gasteiger partial charge in [0, 0.05) is 32.6 Å². The van der Waals surface area contributed by atoms with Gasteiger partial charge in [0.05, 0.1) is 17.2 Å². The molecule has 2 heterocycles. The molecule has 0 aliphatic carbocycles. The summed E-state index contributed by atoms with van der Waals surface area (Å²) >= 11 is 2.81. The van der Waals surface area contributed by atoms with Crippen LogP contribution >= 0.6 is 22.7 Å². The number of thiophene rings is 1. The van der Waals surface area contributed by atoms with Gasteiger partial charge in [0.15, 0.2) is 5.96 Å². The zero-order chi connectivity index (χ0) is 17.6. The summed E-state index contributed by atoms with van der Waals surface area (Å²) in [5.41, 5.74) is 0.987. The summed E-state index contributed by atoms with van der Waals surface area (Å²) in [4.78, 5) is 10.6. The van der Waals surface area contributed by atoms with Crippen LogP contribution in [0.2, 0.25) is 0 Å². The number of hydrogen-bond acceptors (Lipinski definition) is 6. The molecular weight excluding hydrogens is 366 g/mol. The van der Waals surface area contributed by atoms with E-state index < -0.39 is 10.0 Å². The van der Waals surface area contributed by atoms with Gasteiger partial charge in [0.1, 0.15) is 4.21 Å². The summed E-state index contributed by atoms with van der Waals surface area (Å²) < 4.78 is 26.9. The Labute approximate surface area is 150 Å². The van der Waals surface area contributed by atoms with Crippen molar-refractivity contribution in [3.8, 4) is 0 Å². The second-order valence-electron chi connectivity index (χ2n) is 5.02. The second kappa shape index (κ2) is 8.56. The van der Waals surface area contributed by atoms with Crippen molar-refractivity contribution in [1.29, 1.82) is 0 Å². The number of aromatic nitrogens is 1. The summed E-state index contributed by atoms with van der Waals surface area (Å²) in [6.07, 6.45) is 0. The fraction of sp³-hybridized carbons (Fsp3) is 0.429. The van der Waals surface area contributed by atoms with Crippen LogP contribution in [0.15, 0.2) is 32.1 Å². The monoisotopic (exact) mass is 387 g/mol. The quantitative estimate of drug-likeness (QED) is 0.427. The molecule has 2 rings (SSSR count). The van der Waals surface area contributed by atoms with E-state index in [2.05, 4.69) is 20.0 Å². The third-order valence-corrected chi connectivity index (χ3v) is 6.78. The average molecular weight is 388 g/mol. The van der Waals surface area contributed by atoms with Crippen LogP contribution in [0.5, 0.6) is 0 Å². The molecule has 0 amide bonds. The Kier molecular flexibility index (Phi) is 6.72. The van der Waals surface area contributed by atoms with Gasteiger partial charge in [-0.2, -0.15) is 0 Å². The summed E-state index contributed by atoms with van der Waals surface area (Å²) in [7, 11) is 0.191. The number of thiazole rings is 1. The lowest BCUT2D eigenvalue weighted by Gasteiger charge is -2.21. The van der Waals surface area contributed by atoms with Crippen molar-refractivity contribution >= 4 is 38.7 Å². The molecule has 24 heavy (non-hydrogen) atoms. The van der Waals surface area contributed by atoms with Crippen molar-refractivity contribution in [3.63, 3.8) is 0 Å². The van der Waals surface area contributed by atoms with E-state index in [-0.39, 0.29) is 6.54 Å². The van der Waals surface area contributed by atoms with Crippen molar-refractivity contribution in [1.82, 2.24) is 19.9 Å². The van der Waals surface area contributed by atoms with Gasteiger partial charge in [-0.15, -0.1) is 22.7 Å². The van der Waals surface area contributed by atoms with Gasteiger partial charge in [-0.1, -0.05) is 6.07 Å². The summed E-state index contributed by atoms with van der Waals surface area (Å²) in [5.74, 6) is 0.691. The molecule has 0 atom stereocenters. The number of rotatable bonds is 7. The molecular formula is C14H21N5O2S3. The van der Waals surface area contributed by atoms with E-state index in [9.17, 15) is 8.42 Å². The predicted octanol–water partition coefficient (Wildman–Crippen LogP) is 1.50. The fourth-order valence-electron chi connectivity index (χ4n) is 2.03. The van der Waals surface area contributed by atoms with E-state index in [1.165, 1.54) is 11.3 Å². The Balaban J connectivity index is 1.79. The number of aryl methyl sites for hydroxylation is 1. The van der Waals surface area contributed by atoms with Gasteiger partial charge >= 0.3 is 0 Å². The van der Waals surface area contributed by atoms with Crippen LogP contribution in [0, 0.1) is 6.92 Å². The first kappa shape index (κ1) is 18.8. The molecule has 2 N–H and O–H groups in total. The molecule has 0 radical (unpaired) electrons. The molecule has 10 heteroatoms. The van der Waals surface area contributed by atoms with Crippen LogP contribution in [0.1, 0.15) is 10.7 Å². The molecule has 0 bridgehead atoms. The van der Waals surface area contributed by atoms with Crippen molar-refractivity contribution in [2.24, 2.45) is 4.99 Å². The van der Waals surface area contributed by atoms with Crippen LogP contribution < -0.4 is 10.0 Å². The van der Waals surface area contributed by atoms with Crippen LogP contribution in [-0.2, 0) is 16.6 Å². The number of aliphatic imine (C=N–C) groups is 1. The van der Waals surface area contributed by atoms with E-state index in [0.717, 1.165) is 10.7 Å². The molecule has 7 nitrogen and oxygen atoms in total. The Morgan fingerprint density at radius 1 is 1.38 bits per heavy atom. The van der Waals surface area contributed by atoms with E-state index in [1.54, 1.807) is 35.9 Å². The third-order valence-electron chi connectivity index (χ3n) is 3.10. The molecule has 0 saturated heterocycles. The molecule has 0 unspecified atom stereocenters. The van der Waals surface area contributed by atoms with Crippen LogP contribution in [-0.4, -0.2) is 51.4 Å². The van der Waals surface area contributed by atoms with Crippen LogP contribution in [0.4, 0.5) is 0 Å². The lowest BCUT2D eigenvalue weighted by Crippen LogP contribution is -2.42. The fourth-order valence-corrected chi connectivity index (χ4v) is 4.70. The minimum Gasteiger partial charge on any atom is -0.355 e. The average Bonchev–Trinajstić information content (AvgIpc) is 3.19. The Morgan fingerprint density at radius 2 is 2.17 bits per heavy atom. The van der Waals surface area contributed by atoms with Crippen LogP contribution in [0.25, 0.3) is 0 Å². The standard InChI is InChI=1S/C14H21N5O2S3/c1-11-18-12(10-23-11)9-19(3)14(15-2)16-6-7-17-24(20,21)13-5-4-8-22-13/h4-5,8,10,17H,6-7,9H2,1-3H3,(H,15,16). The van der Waals surface area contributed by atoms with Crippen molar-refractivity contribution in [3.05, 3.63) is 33.6 Å². The van der Waals surface area contributed by atoms with E-state index >= 15 is 0 Å². The number of hydrogen-bond donors (Lipinski definition) is 2. The molecule has 0 aliphatic heterocycles. The Morgan fingerprint density at radius 3 is 2.75 bits per heavy atom. The smallest absolute Gasteiger partial charge is 0.250 e. The molecule has 132 valence electrons. The third kappa shape index (κ3) is 5.26. The zero-order valence-corrected chi connectivity index (χ0v) is 16.3. The largest absolute Gasteiger partial charge is 0.355 e. The second-order valence-corrected chi connectivity index (χ2v) is 9.02. The first-order valence-electron chi connectivity index (χ1n) is 7.28. The molecule has 0 aromatic carbocycles.